The predicted molar refractivity (Wildman–Crippen MR) is 61.0 cm³/mol. The molecule has 3 atom stereocenters. The number of carbonyl (C=O) groups is 2. The van der Waals surface area contributed by atoms with Crippen LogP contribution in [-0.4, -0.2) is 46.0 Å². The Morgan fingerprint density at radius 3 is 2.75 bits per heavy atom. The smallest absolute Gasteiger partial charge is 0.399 e. The summed E-state index contributed by atoms with van der Waals surface area (Å²) in [6.45, 7) is 3.33. The van der Waals surface area contributed by atoms with Gasteiger partial charge in [0.1, 0.15) is 5.92 Å². The average molecular weight is 279 g/mol. The highest BCUT2D eigenvalue weighted by atomic mass is 16.8. The van der Waals surface area contributed by atoms with E-state index in [9.17, 15) is 9.59 Å². The quantitative estimate of drug-likeness (QED) is 0.543. The molecule has 4 rings (SSSR count). The highest BCUT2D eigenvalue weighted by Crippen LogP contribution is 2.53. The molecule has 0 N–H and O–H groups in total. The topological polar surface area (TPSA) is 94.8 Å². The van der Waals surface area contributed by atoms with Crippen molar-refractivity contribution in [1.29, 1.82) is 0 Å². The minimum absolute atomic E-state index is 0.179. The monoisotopic (exact) mass is 279 g/mol. The third-order valence-electron chi connectivity index (χ3n) is 4.24. The third kappa shape index (κ3) is 1.34. The van der Waals surface area contributed by atoms with Crippen molar-refractivity contribution in [2.24, 2.45) is 5.92 Å². The van der Waals surface area contributed by atoms with E-state index in [4.69, 9.17) is 14.0 Å². The summed E-state index contributed by atoms with van der Waals surface area (Å²) in [7, 11) is 0. The second-order valence-corrected chi connectivity index (χ2v) is 5.28. The lowest BCUT2D eigenvalue weighted by Gasteiger charge is -2.35. The molecule has 0 saturated carbocycles. The molecular formula is C12H13N3O5. The molecule has 3 aliphatic rings. The Kier molecular flexibility index (Phi) is 2.24. The fourth-order valence-electron chi connectivity index (χ4n) is 3.36. The third-order valence-corrected chi connectivity index (χ3v) is 4.24. The van der Waals surface area contributed by atoms with Gasteiger partial charge in [-0.25, -0.2) is 14.5 Å². The van der Waals surface area contributed by atoms with Gasteiger partial charge in [0.05, 0.1) is 0 Å². The second-order valence-electron chi connectivity index (χ2n) is 5.28. The van der Waals surface area contributed by atoms with Gasteiger partial charge in [0.2, 0.25) is 5.89 Å². The maximum Gasteiger partial charge on any atom is 0.421 e. The maximum atomic E-state index is 11.5. The number of ether oxygens (including phenoxy) is 2. The van der Waals surface area contributed by atoms with Crippen LogP contribution in [0.25, 0.3) is 0 Å². The van der Waals surface area contributed by atoms with Gasteiger partial charge in [-0.1, -0.05) is 12.1 Å². The van der Waals surface area contributed by atoms with E-state index < -0.39 is 23.8 Å². The van der Waals surface area contributed by atoms with E-state index in [-0.39, 0.29) is 5.92 Å². The van der Waals surface area contributed by atoms with Gasteiger partial charge < -0.3 is 14.0 Å². The van der Waals surface area contributed by atoms with Gasteiger partial charge in [0, 0.05) is 19.5 Å². The normalized spacial score (nSPS) is 33.8. The van der Waals surface area contributed by atoms with E-state index in [1.165, 1.54) is 0 Å². The maximum absolute atomic E-state index is 11.5. The van der Waals surface area contributed by atoms with Crippen molar-refractivity contribution in [1.82, 2.24) is 15.0 Å². The Hall–Kier alpha value is -1.96. The first kappa shape index (κ1) is 11.8. The van der Waals surface area contributed by atoms with Gasteiger partial charge in [-0.2, -0.15) is 4.98 Å². The lowest BCUT2D eigenvalue weighted by molar-refractivity contribution is -0.251. The first-order valence-corrected chi connectivity index (χ1v) is 6.68. The Morgan fingerprint density at radius 2 is 2.10 bits per heavy atom. The van der Waals surface area contributed by atoms with Crippen molar-refractivity contribution in [2.75, 3.05) is 13.1 Å². The molecule has 0 aliphatic carbocycles. The summed E-state index contributed by atoms with van der Waals surface area (Å²) in [4.78, 5) is 29.1. The summed E-state index contributed by atoms with van der Waals surface area (Å²) in [6.07, 6.45) is 1.57. The fourth-order valence-corrected chi connectivity index (χ4v) is 3.36. The summed E-state index contributed by atoms with van der Waals surface area (Å²) in [5.74, 6) is -2.57. The first-order chi connectivity index (χ1) is 9.64. The molecule has 3 fully saturated rings. The van der Waals surface area contributed by atoms with E-state index in [0.717, 1.165) is 13.0 Å². The van der Waals surface area contributed by atoms with Crippen LogP contribution in [0.15, 0.2) is 4.52 Å². The van der Waals surface area contributed by atoms with Crippen LogP contribution in [0.2, 0.25) is 0 Å². The molecule has 0 aromatic carbocycles. The number of fused-ring (bicyclic) bond motifs is 3. The zero-order chi connectivity index (χ0) is 13.9. The highest BCUT2D eigenvalue weighted by Gasteiger charge is 2.69. The minimum Gasteiger partial charge on any atom is -0.399 e. The van der Waals surface area contributed by atoms with Crippen molar-refractivity contribution in [3.8, 4) is 0 Å². The van der Waals surface area contributed by atoms with E-state index in [1.54, 1.807) is 0 Å². The summed E-state index contributed by atoms with van der Waals surface area (Å²) in [6, 6.07) is 0. The number of nitrogens with zero attached hydrogens (tertiary/aromatic N) is 3. The lowest BCUT2D eigenvalue weighted by atomic mass is 9.89. The number of hydrogen-bond donors (Lipinski definition) is 0. The molecule has 2 bridgehead atoms. The molecule has 3 saturated heterocycles. The van der Waals surface area contributed by atoms with Crippen LogP contribution in [0, 0.1) is 5.92 Å². The van der Waals surface area contributed by atoms with Gasteiger partial charge in [-0.05, 0) is 12.3 Å². The van der Waals surface area contributed by atoms with Crippen LogP contribution in [0.5, 0.6) is 0 Å². The van der Waals surface area contributed by atoms with Gasteiger partial charge in [0.25, 0.3) is 0 Å². The summed E-state index contributed by atoms with van der Waals surface area (Å²) < 4.78 is 15.8. The second kappa shape index (κ2) is 3.78. The van der Waals surface area contributed by atoms with Crippen molar-refractivity contribution in [3.63, 3.8) is 0 Å². The minimum atomic E-state index is -1.38. The zero-order valence-electron chi connectivity index (χ0n) is 10.9. The van der Waals surface area contributed by atoms with Gasteiger partial charge in [-0.15, -0.1) is 0 Å². The molecule has 3 unspecified atom stereocenters. The van der Waals surface area contributed by atoms with E-state index in [1.807, 2.05) is 11.8 Å². The van der Waals surface area contributed by atoms with Crippen LogP contribution in [0.1, 0.15) is 31.0 Å². The van der Waals surface area contributed by atoms with Crippen molar-refractivity contribution in [2.45, 2.75) is 31.6 Å². The number of aryl methyl sites for hydroxylation is 1. The average Bonchev–Trinajstić information content (AvgIpc) is 3.15. The Morgan fingerprint density at radius 1 is 1.35 bits per heavy atom. The number of esters is 2. The predicted octanol–water partition coefficient (Wildman–Crippen LogP) is -0.195. The lowest BCUT2D eigenvalue weighted by Crippen LogP contribution is -2.50. The molecule has 20 heavy (non-hydrogen) atoms. The van der Waals surface area contributed by atoms with Crippen LogP contribution in [0.4, 0.5) is 0 Å². The summed E-state index contributed by atoms with van der Waals surface area (Å²) in [5.41, 5.74) is 0. The first-order valence-electron chi connectivity index (χ1n) is 6.68. The zero-order valence-corrected chi connectivity index (χ0v) is 10.9. The van der Waals surface area contributed by atoms with Crippen molar-refractivity contribution in [3.05, 3.63) is 11.7 Å². The number of carbonyl (C=O) groups excluding carboxylic acids is 2. The number of hydrogen-bond acceptors (Lipinski definition) is 8. The van der Waals surface area contributed by atoms with E-state index in [0.29, 0.717) is 24.7 Å². The SMILES string of the molecule is CCc1noc(C2C3CCN(C3)C23OC(=O)C(=O)O3)n1. The molecule has 106 valence electrons. The molecular weight excluding hydrogens is 266 g/mol. The van der Waals surface area contributed by atoms with Gasteiger partial charge >= 0.3 is 17.8 Å². The van der Waals surface area contributed by atoms with Gasteiger partial charge in [0.15, 0.2) is 5.82 Å². The number of aromatic nitrogens is 2. The van der Waals surface area contributed by atoms with Crippen molar-refractivity contribution >= 4 is 11.9 Å². The molecule has 0 radical (unpaired) electrons. The van der Waals surface area contributed by atoms with Crippen LogP contribution in [0.3, 0.4) is 0 Å². The van der Waals surface area contributed by atoms with Crippen LogP contribution < -0.4 is 0 Å². The van der Waals surface area contributed by atoms with E-state index >= 15 is 0 Å². The number of piperidine rings is 1. The molecule has 0 amide bonds. The Labute approximate surface area is 114 Å². The molecule has 8 heteroatoms. The van der Waals surface area contributed by atoms with Crippen LogP contribution >= 0.6 is 0 Å². The molecule has 1 spiro atoms. The largest absolute Gasteiger partial charge is 0.421 e. The van der Waals surface area contributed by atoms with Crippen molar-refractivity contribution < 1.29 is 23.6 Å². The molecule has 1 aromatic rings. The van der Waals surface area contributed by atoms with E-state index in [2.05, 4.69) is 10.1 Å². The highest BCUT2D eigenvalue weighted by molar-refractivity contribution is 6.31. The molecule has 1 aromatic heterocycles. The molecule has 3 aliphatic heterocycles. The summed E-state index contributed by atoms with van der Waals surface area (Å²) >= 11 is 0. The molecule has 4 heterocycles. The van der Waals surface area contributed by atoms with Crippen LogP contribution in [-0.2, 0) is 25.5 Å². The summed E-state index contributed by atoms with van der Waals surface area (Å²) in [5, 5.41) is 3.87. The number of rotatable bonds is 2. The Bertz CT molecular complexity index is 582. The fraction of sp³-hybridized carbons (Fsp3) is 0.667. The molecule has 8 nitrogen and oxygen atoms in total. The Balaban J connectivity index is 1.76. The van der Waals surface area contributed by atoms with Gasteiger partial charge in [-0.3, -0.25) is 0 Å². The standard InChI is InChI=1S/C12H13N3O5/c1-2-7-13-9(20-14-7)8-6-3-4-15(5-6)12(8)18-10(16)11(17)19-12/h6,8H,2-5H2,1H3.